The van der Waals surface area contributed by atoms with E-state index < -0.39 is 0 Å². The second kappa shape index (κ2) is 4.75. The highest BCUT2D eigenvalue weighted by Crippen LogP contribution is 2.18. The van der Waals surface area contributed by atoms with E-state index in [0.717, 1.165) is 4.99 Å². The highest BCUT2D eigenvalue weighted by atomic mass is 32.1. The van der Waals surface area contributed by atoms with Gasteiger partial charge in [0.15, 0.2) is 0 Å². The van der Waals surface area contributed by atoms with Gasteiger partial charge < -0.3 is 5.32 Å². The molecule has 1 nitrogen and oxygen atoms in total. The van der Waals surface area contributed by atoms with Gasteiger partial charge in [-0.15, -0.1) is 0 Å². The number of rotatable bonds is 2. The fourth-order valence-electron chi connectivity index (χ4n) is 1.24. The lowest BCUT2D eigenvalue weighted by atomic mass is 9.95. The molecule has 0 saturated heterocycles. The summed E-state index contributed by atoms with van der Waals surface area (Å²) in [6.45, 7) is 8.51. The number of nitrogens with one attached hydrogen (secondary N) is 1. The summed E-state index contributed by atoms with van der Waals surface area (Å²) in [6, 6.07) is 10.6. The van der Waals surface area contributed by atoms with E-state index in [0.29, 0.717) is 0 Å². The predicted octanol–water partition coefficient (Wildman–Crippen LogP) is 3.71. The van der Waals surface area contributed by atoms with E-state index in [2.05, 4.69) is 45.1 Å². The van der Waals surface area contributed by atoms with Crippen LogP contribution >= 0.6 is 12.2 Å². The number of hydrogen-bond donors (Lipinski definition) is 1. The maximum absolute atomic E-state index is 5.36. The van der Waals surface area contributed by atoms with Crippen molar-refractivity contribution in [3.05, 3.63) is 35.9 Å². The van der Waals surface area contributed by atoms with Crippen LogP contribution in [0, 0.1) is 5.41 Å². The van der Waals surface area contributed by atoms with Crippen LogP contribution in [-0.2, 0) is 0 Å². The van der Waals surface area contributed by atoms with Gasteiger partial charge in [0, 0.05) is 11.5 Å². The molecule has 0 spiro atoms. The molecule has 0 amide bonds. The van der Waals surface area contributed by atoms with Gasteiger partial charge in [-0.1, -0.05) is 63.3 Å². The van der Waals surface area contributed by atoms with Crippen molar-refractivity contribution >= 4 is 17.2 Å². The number of hydrogen-bond acceptors (Lipinski definition) is 1. The topological polar surface area (TPSA) is 12.0 Å². The van der Waals surface area contributed by atoms with Crippen molar-refractivity contribution < 1.29 is 0 Å². The number of benzene rings is 1. The maximum Gasteiger partial charge on any atom is 0.0812 e. The minimum atomic E-state index is 0.0401. The molecule has 2 heteroatoms. The van der Waals surface area contributed by atoms with Gasteiger partial charge in [-0.2, -0.15) is 0 Å². The summed E-state index contributed by atoms with van der Waals surface area (Å²) in [5.41, 5.74) is 1.31. The van der Waals surface area contributed by atoms with Crippen molar-refractivity contribution in [2.24, 2.45) is 5.41 Å². The monoisotopic (exact) mass is 221 g/mol. The first-order chi connectivity index (χ1) is 6.91. The fraction of sp³-hybridized carbons (Fsp3) is 0.462. The molecule has 1 atom stereocenters. The third-order valence-corrected chi connectivity index (χ3v) is 3.06. The SMILES string of the molecule is CC(NC(=S)C(C)(C)C)c1ccccc1. The Kier molecular flexibility index (Phi) is 3.86. The molecule has 0 bridgehead atoms. The number of thiocarbonyl (C=S) groups is 1. The van der Waals surface area contributed by atoms with E-state index in [1.54, 1.807) is 0 Å². The lowest BCUT2D eigenvalue weighted by molar-refractivity contribution is 0.557. The van der Waals surface area contributed by atoms with Crippen molar-refractivity contribution in [3.63, 3.8) is 0 Å². The molecular formula is C13H19NS. The molecule has 0 saturated carbocycles. The highest BCUT2D eigenvalue weighted by molar-refractivity contribution is 7.80. The molecule has 1 unspecified atom stereocenters. The van der Waals surface area contributed by atoms with Crippen LogP contribution in [0.3, 0.4) is 0 Å². The summed E-state index contributed by atoms with van der Waals surface area (Å²) in [6.07, 6.45) is 0. The Morgan fingerprint density at radius 2 is 1.73 bits per heavy atom. The quantitative estimate of drug-likeness (QED) is 0.764. The molecule has 1 aromatic carbocycles. The van der Waals surface area contributed by atoms with Gasteiger partial charge in [-0.05, 0) is 12.5 Å². The van der Waals surface area contributed by atoms with E-state index in [4.69, 9.17) is 12.2 Å². The Morgan fingerprint density at radius 3 is 2.20 bits per heavy atom. The second-order valence-corrected chi connectivity index (χ2v) is 5.26. The first-order valence-corrected chi connectivity index (χ1v) is 5.68. The normalized spacial score (nSPS) is 13.3. The zero-order valence-electron chi connectivity index (χ0n) is 9.87. The lowest BCUT2D eigenvalue weighted by Gasteiger charge is -2.25. The molecule has 1 aromatic rings. The zero-order chi connectivity index (χ0) is 11.5. The largest absolute Gasteiger partial charge is 0.373 e. The van der Waals surface area contributed by atoms with E-state index in [1.807, 2.05) is 18.2 Å². The standard InChI is InChI=1S/C13H19NS/c1-10(11-8-6-5-7-9-11)14-12(15)13(2,3)4/h5-10H,1-4H3,(H,14,15). The molecule has 0 aromatic heterocycles. The third kappa shape index (κ3) is 3.63. The Bertz CT molecular complexity index is 324. The second-order valence-electron chi connectivity index (χ2n) is 4.86. The van der Waals surface area contributed by atoms with Gasteiger partial charge in [0.05, 0.1) is 4.99 Å². The van der Waals surface area contributed by atoms with Crippen LogP contribution in [0.2, 0.25) is 0 Å². The molecule has 1 rings (SSSR count). The molecule has 15 heavy (non-hydrogen) atoms. The van der Waals surface area contributed by atoms with Gasteiger partial charge in [0.2, 0.25) is 0 Å². The van der Waals surface area contributed by atoms with Crippen LogP contribution < -0.4 is 5.32 Å². The average Bonchev–Trinajstić information content (AvgIpc) is 2.17. The van der Waals surface area contributed by atoms with Crippen molar-refractivity contribution in [3.8, 4) is 0 Å². The van der Waals surface area contributed by atoms with Crippen LogP contribution in [-0.4, -0.2) is 4.99 Å². The minimum absolute atomic E-state index is 0.0401. The van der Waals surface area contributed by atoms with Crippen LogP contribution in [0.15, 0.2) is 30.3 Å². The molecule has 0 aliphatic heterocycles. The maximum atomic E-state index is 5.36. The molecule has 0 aliphatic rings. The van der Waals surface area contributed by atoms with Crippen LogP contribution in [0.4, 0.5) is 0 Å². The molecule has 0 heterocycles. The van der Waals surface area contributed by atoms with E-state index in [9.17, 15) is 0 Å². The molecule has 1 N–H and O–H groups in total. The lowest BCUT2D eigenvalue weighted by Crippen LogP contribution is -2.34. The van der Waals surface area contributed by atoms with Crippen LogP contribution in [0.1, 0.15) is 39.3 Å². The Hall–Kier alpha value is -0.890. The first kappa shape index (κ1) is 12.2. The predicted molar refractivity (Wildman–Crippen MR) is 70.0 cm³/mol. The van der Waals surface area contributed by atoms with Crippen molar-refractivity contribution in [2.75, 3.05) is 0 Å². The Labute approximate surface area is 97.9 Å². The van der Waals surface area contributed by atoms with E-state index in [-0.39, 0.29) is 11.5 Å². The van der Waals surface area contributed by atoms with Crippen molar-refractivity contribution in [2.45, 2.75) is 33.7 Å². The molecular weight excluding hydrogens is 202 g/mol. The molecule has 82 valence electrons. The zero-order valence-corrected chi connectivity index (χ0v) is 10.7. The Balaban J connectivity index is 2.65. The highest BCUT2D eigenvalue weighted by Gasteiger charge is 2.18. The summed E-state index contributed by atoms with van der Waals surface area (Å²) in [4.78, 5) is 0.916. The van der Waals surface area contributed by atoms with Gasteiger partial charge in [0.25, 0.3) is 0 Å². The first-order valence-electron chi connectivity index (χ1n) is 5.27. The Morgan fingerprint density at radius 1 is 1.20 bits per heavy atom. The smallest absolute Gasteiger partial charge is 0.0812 e. The van der Waals surface area contributed by atoms with Crippen LogP contribution in [0.5, 0.6) is 0 Å². The van der Waals surface area contributed by atoms with Gasteiger partial charge in [0.1, 0.15) is 0 Å². The summed E-state index contributed by atoms with van der Waals surface area (Å²) in [5, 5.41) is 3.37. The molecule has 0 aliphatic carbocycles. The summed E-state index contributed by atoms with van der Waals surface area (Å²) >= 11 is 5.36. The fourth-order valence-corrected chi connectivity index (χ4v) is 1.41. The van der Waals surface area contributed by atoms with Gasteiger partial charge >= 0.3 is 0 Å². The molecule has 0 radical (unpaired) electrons. The van der Waals surface area contributed by atoms with Crippen molar-refractivity contribution in [1.82, 2.24) is 5.32 Å². The van der Waals surface area contributed by atoms with Gasteiger partial charge in [-0.3, -0.25) is 0 Å². The summed E-state index contributed by atoms with van der Waals surface area (Å²) in [7, 11) is 0. The minimum Gasteiger partial charge on any atom is -0.373 e. The van der Waals surface area contributed by atoms with Crippen molar-refractivity contribution in [1.29, 1.82) is 0 Å². The van der Waals surface area contributed by atoms with Crippen LogP contribution in [0.25, 0.3) is 0 Å². The third-order valence-electron chi connectivity index (χ3n) is 2.33. The summed E-state index contributed by atoms with van der Waals surface area (Å²) < 4.78 is 0. The average molecular weight is 221 g/mol. The summed E-state index contributed by atoms with van der Waals surface area (Å²) in [5.74, 6) is 0. The van der Waals surface area contributed by atoms with E-state index in [1.165, 1.54) is 5.56 Å². The molecule has 0 fully saturated rings. The van der Waals surface area contributed by atoms with E-state index >= 15 is 0 Å². The van der Waals surface area contributed by atoms with Gasteiger partial charge in [-0.25, -0.2) is 0 Å².